The number of methoxy groups -OCH3 is 2. The fourth-order valence-electron chi connectivity index (χ4n) is 19.1. The minimum Gasteiger partial charge on any atom is -0.497 e. The molecule has 0 amide bonds. The molecule has 4 atom stereocenters. The highest BCUT2D eigenvalue weighted by atomic mass is 16.5. The van der Waals surface area contributed by atoms with Gasteiger partial charge in [0.25, 0.3) is 0 Å². The summed E-state index contributed by atoms with van der Waals surface area (Å²) < 4.78 is 23.4. The van der Waals surface area contributed by atoms with E-state index in [1.807, 2.05) is 97.1 Å². The maximum absolute atomic E-state index is 11.0. The predicted molar refractivity (Wildman–Crippen MR) is 517 cm³/mol. The van der Waals surface area contributed by atoms with E-state index in [1.165, 1.54) is 143 Å². The molecule has 0 radical (unpaired) electrons. The summed E-state index contributed by atoms with van der Waals surface area (Å²) >= 11 is 0. The maximum atomic E-state index is 11.0. The minimum absolute atomic E-state index is 0.601. The van der Waals surface area contributed by atoms with Crippen molar-refractivity contribution in [1.29, 1.82) is 0 Å². The number of benzene rings is 20. The first-order valence-corrected chi connectivity index (χ1v) is 42.1. The molecule has 10 heteroatoms. The molecule has 620 valence electrons. The van der Waals surface area contributed by atoms with Gasteiger partial charge in [0.2, 0.25) is 0 Å². The Labute approximate surface area is 733 Å². The van der Waals surface area contributed by atoms with Crippen LogP contribution in [0.1, 0.15) is 90.1 Å². The van der Waals surface area contributed by atoms with Gasteiger partial charge in [0.15, 0.2) is 0 Å². The molecule has 0 fully saturated rings. The third kappa shape index (κ3) is 15.0. The number of hydrogen-bond donors (Lipinski definition) is 6. The molecule has 0 saturated carbocycles. The molecule has 10 nitrogen and oxygen atoms in total. The summed E-state index contributed by atoms with van der Waals surface area (Å²) in [6.07, 6.45) is -1.50. The summed E-state index contributed by atoms with van der Waals surface area (Å²) in [6, 6.07) is 139. The van der Waals surface area contributed by atoms with Crippen molar-refractivity contribution in [3.05, 3.63) is 466 Å². The standard InChI is InChI=1S/2C56H40O3.4CH4O/c1-35-11-12-41-32-44(22-13-40(41)31-35)56(52-30-21-36-7-3-5-9-49(36)53(52)51-29-20-37-8-4-6-10-50(37)54(51)56)45-23-14-43-34-48(28-19-42(43)33-45)59-47-26-17-39(18-27-47)55(57)38-15-24-46(58-2)25-16-38;1-35-11-12-42-30-45(21-13-41(42)29-35)56(53-34-40-9-4-3-8-39(40)33-52(53)51-28-20-36-7-5-6-10-50(36)54(51)56)46-22-14-44-32-49(27-19-43(44)31-46)59-48-25-17-38(18-26-48)55(57)37-15-23-47(58-2)24-16-37;4*1-2/h2*3-34,55,57H,1-2H3;4*2H,1H3. The lowest BCUT2D eigenvalue weighted by atomic mass is 9.66. The van der Waals surface area contributed by atoms with Crippen LogP contribution in [-0.2, 0) is 10.8 Å². The van der Waals surface area contributed by atoms with Gasteiger partial charge in [0.1, 0.15) is 46.7 Å². The van der Waals surface area contributed by atoms with Gasteiger partial charge in [0, 0.05) is 28.4 Å². The molecule has 0 aliphatic heterocycles. The van der Waals surface area contributed by atoms with Gasteiger partial charge >= 0.3 is 0 Å². The van der Waals surface area contributed by atoms with Crippen molar-refractivity contribution < 1.29 is 49.6 Å². The number of aliphatic hydroxyl groups is 6. The van der Waals surface area contributed by atoms with Crippen LogP contribution in [0.4, 0.5) is 0 Å². The fourth-order valence-corrected chi connectivity index (χ4v) is 19.1. The van der Waals surface area contributed by atoms with Crippen LogP contribution in [0.2, 0.25) is 0 Å². The first kappa shape index (κ1) is 83.7. The van der Waals surface area contributed by atoms with E-state index in [1.54, 1.807) is 14.2 Å². The molecule has 20 aromatic rings. The highest BCUT2D eigenvalue weighted by Gasteiger charge is 2.50. The number of fused-ring (bicyclic) bond motifs is 17. The second kappa shape index (κ2) is 36.1. The molecule has 0 aromatic heterocycles. The topological polar surface area (TPSA) is 158 Å². The van der Waals surface area contributed by atoms with Crippen LogP contribution in [0, 0.1) is 13.8 Å². The average Bonchev–Trinajstić information content (AvgIpc) is 1.52. The number of hydrogen-bond acceptors (Lipinski definition) is 10. The van der Waals surface area contributed by atoms with E-state index in [-0.39, 0.29) is 0 Å². The van der Waals surface area contributed by atoms with Crippen LogP contribution in [0.25, 0.3) is 108 Å². The second-order valence-corrected chi connectivity index (χ2v) is 31.6. The maximum Gasteiger partial charge on any atom is 0.128 e. The number of ether oxygens (including phenoxy) is 4. The second-order valence-electron chi connectivity index (χ2n) is 31.6. The van der Waals surface area contributed by atoms with Crippen LogP contribution < -0.4 is 18.9 Å². The lowest BCUT2D eigenvalue weighted by Crippen LogP contribution is -2.29. The molecule has 6 N–H and O–H groups in total. The Morgan fingerprint density at radius 3 is 0.921 bits per heavy atom. The molecule has 0 bridgehead atoms. The number of rotatable bonds is 14. The summed E-state index contributed by atoms with van der Waals surface area (Å²) in [7, 11) is 7.27. The van der Waals surface area contributed by atoms with Gasteiger partial charge in [-0.25, -0.2) is 0 Å². The number of aryl methyl sites for hydroxylation is 2. The van der Waals surface area contributed by atoms with Crippen LogP contribution in [0.3, 0.4) is 0 Å². The molecular formula is C116H96O10. The molecule has 22 rings (SSSR count). The van der Waals surface area contributed by atoms with Crippen molar-refractivity contribution in [2.24, 2.45) is 0 Å². The first-order valence-electron chi connectivity index (χ1n) is 42.1. The third-order valence-corrected chi connectivity index (χ3v) is 24.9. The van der Waals surface area contributed by atoms with Gasteiger partial charge in [-0.05, 0) is 298 Å². The molecule has 2 aliphatic rings. The summed E-state index contributed by atoms with van der Waals surface area (Å²) in [5.74, 6) is 4.43. The minimum atomic E-state index is -0.748. The molecule has 126 heavy (non-hydrogen) atoms. The van der Waals surface area contributed by atoms with Gasteiger partial charge in [-0.15, -0.1) is 0 Å². The van der Waals surface area contributed by atoms with Crippen LogP contribution in [0.5, 0.6) is 34.5 Å². The lowest BCUT2D eigenvalue weighted by molar-refractivity contribution is 0.220. The molecule has 4 unspecified atom stereocenters. The smallest absolute Gasteiger partial charge is 0.128 e. The van der Waals surface area contributed by atoms with Gasteiger partial charge in [-0.3, -0.25) is 0 Å². The lowest BCUT2D eigenvalue weighted by Gasteiger charge is -2.35. The zero-order chi connectivity index (χ0) is 87.3. The normalized spacial score (nSPS) is 14.3. The van der Waals surface area contributed by atoms with Gasteiger partial charge in [0.05, 0.1) is 25.0 Å². The van der Waals surface area contributed by atoms with Crippen molar-refractivity contribution in [3.63, 3.8) is 0 Å². The summed E-state index contributed by atoms with van der Waals surface area (Å²) in [5, 5.41) is 69.4. The average molecular weight is 1650 g/mol. The highest BCUT2D eigenvalue weighted by Crippen LogP contribution is 2.62. The van der Waals surface area contributed by atoms with E-state index in [2.05, 4.69) is 305 Å². The Bertz CT molecular complexity index is 7130. The SMILES string of the molecule is CO.CO.CO.CO.COc1ccc(C(O)c2ccc(Oc3ccc4cc(C5(c6ccc7cc(C)ccc7c6)c6cc7ccccc7cc6-c6ccc7ccccc7c65)ccc4c3)cc2)cc1.COc1ccc(C(O)c2ccc(Oc3ccc4cc(C5(c6ccc7cc(C)ccc7c6)c6ccc7ccccc7c6-c6ccc7ccccc7c65)ccc4c3)cc2)cc1. The van der Waals surface area contributed by atoms with Crippen LogP contribution in [-0.4, -0.2) is 73.3 Å². The Balaban J connectivity index is 0.000000165. The van der Waals surface area contributed by atoms with Crippen molar-refractivity contribution in [3.8, 4) is 56.8 Å². The van der Waals surface area contributed by atoms with E-state index in [0.717, 1.165) is 95.2 Å². The Morgan fingerprint density at radius 2 is 0.508 bits per heavy atom. The van der Waals surface area contributed by atoms with Gasteiger partial charge in [-0.1, -0.05) is 290 Å². The zero-order valence-electron chi connectivity index (χ0n) is 71.4. The number of aliphatic hydroxyl groups excluding tert-OH is 6. The molecule has 0 heterocycles. The van der Waals surface area contributed by atoms with E-state index < -0.39 is 23.0 Å². The van der Waals surface area contributed by atoms with Crippen LogP contribution in [0.15, 0.2) is 388 Å². The monoisotopic (exact) mass is 1650 g/mol. The summed E-state index contributed by atoms with van der Waals surface area (Å²) in [6.45, 7) is 4.32. The Hall–Kier alpha value is -14.6. The van der Waals surface area contributed by atoms with E-state index in [4.69, 9.17) is 39.4 Å². The van der Waals surface area contributed by atoms with Crippen molar-refractivity contribution in [2.45, 2.75) is 36.9 Å². The fraction of sp³-hybridized carbons (Fsp3) is 0.103. The first-order chi connectivity index (χ1) is 61.9. The molecule has 0 saturated heterocycles. The zero-order valence-corrected chi connectivity index (χ0v) is 71.4. The van der Waals surface area contributed by atoms with E-state index in [9.17, 15) is 10.2 Å². The van der Waals surface area contributed by atoms with Crippen molar-refractivity contribution in [2.75, 3.05) is 42.7 Å². The molecular weight excluding hydrogens is 1550 g/mol. The van der Waals surface area contributed by atoms with Gasteiger partial charge in [-0.2, -0.15) is 0 Å². The Kier molecular flexibility index (Phi) is 24.0. The summed E-state index contributed by atoms with van der Waals surface area (Å²) in [5.41, 5.74) is 19.8. The summed E-state index contributed by atoms with van der Waals surface area (Å²) in [4.78, 5) is 0. The third-order valence-electron chi connectivity index (χ3n) is 24.9. The molecule has 2 aliphatic carbocycles. The largest absolute Gasteiger partial charge is 0.497 e. The Morgan fingerprint density at radius 1 is 0.222 bits per heavy atom. The van der Waals surface area contributed by atoms with Crippen molar-refractivity contribution in [1.82, 2.24) is 0 Å². The van der Waals surface area contributed by atoms with Crippen molar-refractivity contribution >= 4 is 86.2 Å². The van der Waals surface area contributed by atoms with Crippen LogP contribution >= 0.6 is 0 Å². The van der Waals surface area contributed by atoms with E-state index in [0.29, 0.717) is 11.5 Å². The quantitative estimate of drug-likeness (QED) is 0.0619. The van der Waals surface area contributed by atoms with E-state index >= 15 is 0 Å². The predicted octanol–water partition coefficient (Wildman–Crippen LogP) is 26.1. The molecule has 0 spiro atoms. The molecule has 20 aromatic carbocycles. The van der Waals surface area contributed by atoms with Gasteiger partial charge < -0.3 is 49.6 Å². The highest BCUT2D eigenvalue weighted by molar-refractivity contribution is 6.10.